The number of halogens is 2. The van der Waals surface area contributed by atoms with Gasteiger partial charge in [-0.3, -0.25) is 0 Å². The fourth-order valence-electron chi connectivity index (χ4n) is 2.09. The second kappa shape index (κ2) is 6.44. The van der Waals surface area contributed by atoms with E-state index in [0.717, 1.165) is 21.6 Å². The number of aryl methyl sites for hydroxylation is 1. The van der Waals surface area contributed by atoms with E-state index in [4.69, 9.17) is 11.6 Å². The summed E-state index contributed by atoms with van der Waals surface area (Å²) < 4.78 is 1.11. The highest BCUT2D eigenvalue weighted by atomic mass is 79.9. The number of rotatable bonds is 4. The Kier molecular flexibility index (Phi) is 4.89. The maximum atomic E-state index is 6.23. The van der Waals surface area contributed by atoms with Crippen LogP contribution in [0.25, 0.3) is 0 Å². The Labute approximate surface area is 128 Å². The summed E-state index contributed by atoms with van der Waals surface area (Å²) in [4.78, 5) is 0. The van der Waals surface area contributed by atoms with Crippen LogP contribution in [0.4, 0.5) is 5.69 Å². The standard InChI is InChI=1S/C16H17BrClN/c1-11-4-3-5-15(18)16(11)19-12(2)10-13-6-8-14(17)9-7-13/h3-9,12,19H,10H2,1-2H3. The summed E-state index contributed by atoms with van der Waals surface area (Å²) >= 11 is 9.68. The average molecular weight is 339 g/mol. The Morgan fingerprint density at radius 1 is 1.16 bits per heavy atom. The predicted octanol–water partition coefficient (Wildman–Crippen LogP) is 5.45. The average Bonchev–Trinajstić information content (AvgIpc) is 2.37. The third-order valence-electron chi connectivity index (χ3n) is 3.07. The van der Waals surface area contributed by atoms with Crippen molar-refractivity contribution in [2.75, 3.05) is 5.32 Å². The third kappa shape index (κ3) is 3.99. The van der Waals surface area contributed by atoms with Gasteiger partial charge >= 0.3 is 0 Å². The smallest absolute Gasteiger partial charge is 0.0640 e. The SMILES string of the molecule is Cc1cccc(Cl)c1NC(C)Cc1ccc(Br)cc1. The van der Waals surface area contributed by atoms with Crippen LogP contribution in [0.1, 0.15) is 18.1 Å². The molecule has 1 N–H and O–H groups in total. The molecular weight excluding hydrogens is 322 g/mol. The first kappa shape index (κ1) is 14.4. The zero-order chi connectivity index (χ0) is 13.8. The largest absolute Gasteiger partial charge is 0.381 e. The summed E-state index contributed by atoms with van der Waals surface area (Å²) in [6.45, 7) is 4.24. The number of hydrogen-bond donors (Lipinski definition) is 1. The van der Waals surface area contributed by atoms with E-state index in [9.17, 15) is 0 Å². The minimum Gasteiger partial charge on any atom is -0.381 e. The van der Waals surface area contributed by atoms with Crippen LogP contribution in [0.15, 0.2) is 46.9 Å². The molecule has 0 saturated heterocycles. The number of hydrogen-bond acceptors (Lipinski definition) is 1. The van der Waals surface area contributed by atoms with Gasteiger partial charge in [-0.25, -0.2) is 0 Å². The summed E-state index contributed by atoms with van der Waals surface area (Å²) in [5.41, 5.74) is 3.52. The fraction of sp³-hybridized carbons (Fsp3) is 0.250. The lowest BCUT2D eigenvalue weighted by molar-refractivity contribution is 0.789. The van der Waals surface area contributed by atoms with Crippen molar-refractivity contribution in [3.05, 3.63) is 63.1 Å². The second-order valence-corrected chi connectivity index (χ2v) is 6.13. The highest BCUT2D eigenvalue weighted by Gasteiger charge is 2.08. The van der Waals surface area contributed by atoms with Gasteiger partial charge in [0.05, 0.1) is 10.7 Å². The number of anilines is 1. The van der Waals surface area contributed by atoms with Crippen molar-refractivity contribution in [3.8, 4) is 0 Å². The van der Waals surface area contributed by atoms with E-state index < -0.39 is 0 Å². The van der Waals surface area contributed by atoms with Crippen LogP contribution in [0, 0.1) is 6.92 Å². The van der Waals surface area contributed by atoms with Crippen molar-refractivity contribution in [1.29, 1.82) is 0 Å². The van der Waals surface area contributed by atoms with Crippen molar-refractivity contribution in [2.24, 2.45) is 0 Å². The maximum Gasteiger partial charge on any atom is 0.0640 e. The number of nitrogens with one attached hydrogen (secondary N) is 1. The van der Waals surface area contributed by atoms with Gasteiger partial charge in [-0.1, -0.05) is 51.8 Å². The minimum absolute atomic E-state index is 0.333. The first-order valence-corrected chi connectivity index (χ1v) is 7.49. The Morgan fingerprint density at radius 2 is 1.84 bits per heavy atom. The zero-order valence-corrected chi connectivity index (χ0v) is 13.4. The molecule has 0 spiro atoms. The third-order valence-corrected chi connectivity index (χ3v) is 3.91. The Balaban J connectivity index is 2.05. The second-order valence-electron chi connectivity index (χ2n) is 4.81. The predicted molar refractivity (Wildman–Crippen MR) is 87.1 cm³/mol. The van der Waals surface area contributed by atoms with Crippen molar-refractivity contribution >= 4 is 33.2 Å². The van der Waals surface area contributed by atoms with E-state index in [1.165, 1.54) is 11.1 Å². The van der Waals surface area contributed by atoms with Gasteiger partial charge in [0.1, 0.15) is 0 Å². The van der Waals surface area contributed by atoms with Gasteiger partial charge in [-0.15, -0.1) is 0 Å². The molecule has 0 aliphatic carbocycles. The maximum absolute atomic E-state index is 6.23. The van der Waals surface area contributed by atoms with Gasteiger partial charge in [0.2, 0.25) is 0 Å². The molecule has 0 amide bonds. The monoisotopic (exact) mass is 337 g/mol. The van der Waals surface area contributed by atoms with Gasteiger partial charge in [0.25, 0.3) is 0 Å². The molecule has 2 aromatic rings. The van der Waals surface area contributed by atoms with Crippen LogP contribution < -0.4 is 5.32 Å². The first-order chi connectivity index (χ1) is 9.06. The summed E-state index contributed by atoms with van der Waals surface area (Å²) in [5.74, 6) is 0. The number of para-hydroxylation sites is 1. The molecule has 1 nitrogen and oxygen atoms in total. The molecule has 0 radical (unpaired) electrons. The van der Waals surface area contributed by atoms with Gasteiger partial charge in [-0.2, -0.15) is 0 Å². The summed E-state index contributed by atoms with van der Waals surface area (Å²) in [7, 11) is 0. The molecule has 2 rings (SSSR count). The molecule has 0 bridgehead atoms. The minimum atomic E-state index is 0.333. The van der Waals surface area contributed by atoms with Crippen LogP contribution >= 0.6 is 27.5 Å². The van der Waals surface area contributed by atoms with E-state index in [0.29, 0.717) is 6.04 Å². The van der Waals surface area contributed by atoms with E-state index in [-0.39, 0.29) is 0 Å². The lowest BCUT2D eigenvalue weighted by Gasteiger charge is -2.18. The molecule has 0 fully saturated rings. The summed E-state index contributed by atoms with van der Waals surface area (Å²) in [6, 6.07) is 14.7. The molecule has 1 unspecified atom stereocenters. The lowest BCUT2D eigenvalue weighted by Crippen LogP contribution is -2.18. The van der Waals surface area contributed by atoms with Crippen LogP contribution in [0.2, 0.25) is 5.02 Å². The topological polar surface area (TPSA) is 12.0 Å². The molecular formula is C16H17BrClN. The molecule has 0 heterocycles. The van der Waals surface area contributed by atoms with Crippen LogP contribution in [-0.2, 0) is 6.42 Å². The molecule has 3 heteroatoms. The molecule has 100 valence electrons. The van der Waals surface area contributed by atoms with Gasteiger partial charge in [0, 0.05) is 10.5 Å². The molecule has 2 aromatic carbocycles. The fourth-order valence-corrected chi connectivity index (χ4v) is 2.63. The van der Waals surface area contributed by atoms with E-state index in [1.54, 1.807) is 0 Å². The van der Waals surface area contributed by atoms with Crippen molar-refractivity contribution in [1.82, 2.24) is 0 Å². The van der Waals surface area contributed by atoms with Crippen molar-refractivity contribution in [2.45, 2.75) is 26.3 Å². The van der Waals surface area contributed by atoms with E-state index >= 15 is 0 Å². The van der Waals surface area contributed by atoms with Crippen molar-refractivity contribution < 1.29 is 0 Å². The summed E-state index contributed by atoms with van der Waals surface area (Å²) in [6.07, 6.45) is 0.970. The van der Waals surface area contributed by atoms with Crippen LogP contribution in [0.3, 0.4) is 0 Å². The summed E-state index contributed by atoms with van der Waals surface area (Å²) in [5, 5.41) is 4.28. The van der Waals surface area contributed by atoms with Gasteiger partial charge in [0.15, 0.2) is 0 Å². The molecule has 19 heavy (non-hydrogen) atoms. The van der Waals surface area contributed by atoms with Crippen molar-refractivity contribution in [3.63, 3.8) is 0 Å². The van der Waals surface area contributed by atoms with Gasteiger partial charge < -0.3 is 5.32 Å². The zero-order valence-electron chi connectivity index (χ0n) is 11.1. The van der Waals surface area contributed by atoms with E-state index in [1.807, 2.05) is 12.1 Å². The molecule has 0 aliphatic rings. The molecule has 1 atom stereocenters. The molecule has 0 saturated carbocycles. The first-order valence-electron chi connectivity index (χ1n) is 6.32. The van der Waals surface area contributed by atoms with Crippen LogP contribution in [0.5, 0.6) is 0 Å². The van der Waals surface area contributed by atoms with Crippen LogP contribution in [-0.4, -0.2) is 6.04 Å². The highest BCUT2D eigenvalue weighted by molar-refractivity contribution is 9.10. The van der Waals surface area contributed by atoms with Gasteiger partial charge in [-0.05, 0) is 49.6 Å². The normalized spacial score (nSPS) is 12.2. The Bertz CT molecular complexity index is 531. The molecule has 0 aromatic heterocycles. The quantitative estimate of drug-likeness (QED) is 0.781. The molecule has 0 aliphatic heterocycles. The highest BCUT2D eigenvalue weighted by Crippen LogP contribution is 2.26. The van der Waals surface area contributed by atoms with E-state index in [2.05, 4.69) is 65.4 Å². The lowest BCUT2D eigenvalue weighted by atomic mass is 10.1. The number of benzene rings is 2. The Morgan fingerprint density at radius 3 is 2.47 bits per heavy atom. The Hall–Kier alpha value is -0.990.